The molecule has 0 aliphatic heterocycles. The van der Waals surface area contributed by atoms with E-state index in [1.807, 2.05) is 19.1 Å². The van der Waals surface area contributed by atoms with Crippen molar-refractivity contribution in [1.29, 1.82) is 0 Å². The number of halogens is 1. The summed E-state index contributed by atoms with van der Waals surface area (Å²) in [5.41, 5.74) is 1.95. The molecule has 0 spiro atoms. The molecular weight excluding hydrogens is 318 g/mol. The molecule has 0 aliphatic carbocycles. The van der Waals surface area contributed by atoms with Crippen LogP contribution >= 0.6 is 15.9 Å². The molecular formula is C16H18BrNO2. The molecule has 0 radical (unpaired) electrons. The van der Waals surface area contributed by atoms with Gasteiger partial charge in [0.1, 0.15) is 11.5 Å². The maximum atomic E-state index is 9.88. The zero-order valence-corrected chi connectivity index (χ0v) is 13.1. The fraction of sp³-hybridized carbons (Fsp3) is 0.250. The Morgan fingerprint density at radius 1 is 0.950 bits per heavy atom. The topological polar surface area (TPSA) is 52.5 Å². The van der Waals surface area contributed by atoms with Crippen LogP contribution < -0.4 is 5.32 Å². The number of phenolic OH excluding ortho intramolecular Hbond substituents is 2. The molecule has 3 nitrogen and oxygen atoms in total. The van der Waals surface area contributed by atoms with Crippen LogP contribution in [0.1, 0.15) is 37.1 Å². The van der Waals surface area contributed by atoms with Crippen LogP contribution in [0.4, 0.5) is 0 Å². The van der Waals surface area contributed by atoms with Gasteiger partial charge in [0.25, 0.3) is 0 Å². The first-order chi connectivity index (χ1) is 9.47. The summed E-state index contributed by atoms with van der Waals surface area (Å²) in [6.45, 7) is 4.07. The average molecular weight is 336 g/mol. The fourth-order valence-electron chi connectivity index (χ4n) is 2.21. The lowest BCUT2D eigenvalue weighted by Gasteiger charge is -2.21. The van der Waals surface area contributed by atoms with Crippen molar-refractivity contribution < 1.29 is 10.2 Å². The normalized spacial score (nSPS) is 13.9. The second kappa shape index (κ2) is 6.29. The molecule has 0 saturated heterocycles. The molecule has 0 heterocycles. The molecule has 2 aromatic carbocycles. The largest absolute Gasteiger partial charge is 0.508 e. The second-order valence-corrected chi connectivity index (χ2v) is 5.82. The second-order valence-electron chi connectivity index (χ2n) is 4.90. The Hall–Kier alpha value is -1.52. The Kier molecular flexibility index (Phi) is 4.68. The Balaban J connectivity index is 2.10. The van der Waals surface area contributed by atoms with Crippen molar-refractivity contribution in [2.75, 3.05) is 0 Å². The molecule has 0 saturated carbocycles. The van der Waals surface area contributed by atoms with Gasteiger partial charge in [-0.1, -0.05) is 34.1 Å². The summed E-state index contributed by atoms with van der Waals surface area (Å²) >= 11 is 3.42. The predicted octanol–water partition coefficient (Wildman–Crippen LogP) is 4.27. The number of rotatable bonds is 4. The molecule has 0 aromatic heterocycles. The summed E-state index contributed by atoms with van der Waals surface area (Å²) in [5, 5.41) is 22.6. The number of hydrogen-bond donors (Lipinski definition) is 3. The van der Waals surface area contributed by atoms with Crippen LogP contribution in [0, 0.1) is 0 Å². The SMILES string of the molecule is CC(N[C@H](C)c1ccc(Br)cc1)c1ccc(O)cc1O. The standard InChI is InChI=1S/C16H18BrNO2/c1-10(12-3-5-13(17)6-4-12)18-11(2)15-8-7-14(19)9-16(15)20/h3-11,18-20H,1-2H3/t10-,11?/m1/s1. The molecule has 2 rings (SSSR count). The maximum absolute atomic E-state index is 9.88. The summed E-state index contributed by atoms with van der Waals surface area (Å²) in [6.07, 6.45) is 0. The highest BCUT2D eigenvalue weighted by molar-refractivity contribution is 9.10. The van der Waals surface area contributed by atoms with Gasteiger partial charge in [-0.3, -0.25) is 0 Å². The van der Waals surface area contributed by atoms with Crippen molar-refractivity contribution in [3.05, 3.63) is 58.1 Å². The molecule has 1 unspecified atom stereocenters. The van der Waals surface area contributed by atoms with Gasteiger partial charge in [-0.05, 0) is 37.6 Å². The summed E-state index contributed by atoms with van der Waals surface area (Å²) in [5.74, 6) is 0.174. The van der Waals surface area contributed by atoms with E-state index in [1.54, 1.807) is 12.1 Å². The van der Waals surface area contributed by atoms with Gasteiger partial charge in [0.05, 0.1) is 0 Å². The molecule has 0 amide bonds. The van der Waals surface area contributed by atoms with Gasteiger partial charge in [0.2, 0.25) is 0 Å². The molecule has 0 bridgehead atoms. The van der Waals surface area contributed by atoms with Crippen LogP contribution in [0.3, 0.4) is 0 Å². The van der Waals surface area contributed by atoms with E-state index >= 15 is 0 Å². The van der Waals surface area contributed by atoms with Crippen LogP contribution in [0.5, 0.6) is 11.5 Å². The number of nitrogens with one attached hydrogen (secondary N) is 1. The summed E-state index contributed by atoms with van der Waals surface area (Å²) in [4.78, 5) is 0. The van der Waals surface area contributed by atoms with E-state index in [-0.39, 0.29) is 23.6 Å². The highest BCUT2D eigenvalue weighted by Gasteiger charge is 2.14. The monoisotopic (exact) mass is 335 g/mol. The Morgan fingerprint density at radius 3 is 2.20 bits per heavy atom. The molecule has 3 N–H and O–H groups in total. The lowest BCUT2D eigenvalue weighted by Crippen LogP contribution is -2.22. The Labute approximate surface area is 127 Å². The van der Waals surface area contributed by atoms with Gasteiger partial charge >= 0.3 is 0 Å². The first kappa shape index (κ1) is 14.9. The zero-order chi connectivity index (χ0) is 14.7. The van der Waals surface area contributed by atoms with Crippen molar-refractivity contribution in [1.82, 2.24) is 5.32 Å². The minimum atomic E-state index is -0.0192. The number of hydrogen-bond acceptors (Lipinski definition) is 3. The Bertz CT molecular complexity index is 584. The van der Waals surface area contributed by atoms with E-state index in [0.717, 1.165) is 10.0 Å². The molecule has 20 heavy (non-hydrogen) atoms. The summed E-state index contributed by atoms with van der Waals surface area (Å²) < 4.78 is 1.05. The van der Waals surface area contributed by atoms with Gasteiger partial charge in [0, 0.05) is 28.2 Å². The van der Waals surface area contributed by atoms with Crippen molar-refractivity contribution in [2.45, 2.75) is 25.9 Å². The van der Waals surface area contributed by atoms with Gasteiger partial charge < -0.3 is 15.5 Å². The third-order valence-electron chi connectivity index (χ3n) is 3.35. The average Bonchev–Trinajstić information content (AvgIpc) is 2.39. The lowest BCUT2D eigenvalue weighted by atomic mass is 10.0. The van der Waals surface area contributed by atoms with Gasteiger partial charge in [-0.2, -0.15) is 0 Å². The minimum absolute atomic E-state index is 0.0192. The summed E-state index contributed by atoms with van der Waals surface area (Å²) in [6, 6.07) is 13.0. The van der Waals surface area contributed by atoms with E-state index in [0.29, 0.717) is 0 Å². The van der Waals surface area contributed by atoms with Crippen molar-refractivity contribution in [2.24, 2.45) is 0 Å². The van der Waals surface area contributed by atoms with Gasteiger partial charge in [-0.25, -0.2) is 0 Å². The maximum Gasteiger partial charge on any atom is 0.124 e. The minimum Gasteiger partial charge on any atom is -0.508 e. The predicted molar refractivity (Wildman–Crippen MR) is 83.9 cm³/mol. The van der Waals surface area contributed by atoms with Crippen molar-refractivity contribution >= 4 is 15.9 Å². The highest BCUT2D eigenvalue weighted by atomic mass is 79.9. The smallest absolute Gasteiger partial charge is 0.124 e. The lowest BCUT2D eigenvalue weighted by molar-refractivity contribution is 0.427. The number of benzene rings is 2. The molecule has 0 fully saturated rings. The van der Waals surface area contributed by atoms with Crippen LogP contribution in [0.15, 0.2) is 46.9 Å². The van der Waals surface area contributed by atoms with Crippen LogP contribution in [-0.2, 0) is 0 Å². The quantitative estimate of drug-likeness (QED) is 0.781. The molecule has 2 aromatic rings. The van der Waals surface area contributed by atoms with Crippen LogP contribution in [-0.4, -0.2) is 10.2 Å². The van der Waals surface area contributed by atoms with E-state index in [1.165, 1.54) is 11.6 Å². The first-order valence-electron chi connectivity index (χ1n) is 6.50. The molecule has 106 valence electrons. The van der Waals surface area contributed by atoms with E-state index < -0.39 is 0 Å². The van der Waals surface area contributed by atoms with Crippen LogP contribution in [0.2, 0.25) is 0 Å². The van der Waals surface area contributed by atoms with Gasteiger partial charge in [-0.15, -0.1) is 0 Å². The van der Waals surface area contributed by atoms with E-state index in [4.69, 9.17) is 0 Å². The molecule has 0 aliphatic rings. The summed E-state index contributed by atoms with van der Waals surface area (Å²) in [7, 11) is 0. The van der Waals surface area contributed by atoms with E-state index in [9.17, 15) is 10.2 Å². The van der Waals surface area contributed by atoms with E-state index in [2.05, 4.69) is 40.3 Å². The first-order valence-corrected chi connectivity index (χ1v) is 7.30. The number of phenols is 2. The Morgan fingerprint density at radius 2 is 1.60 bits per heavy atom. The number of aromatic hydroxyl groups is 2. The highest BCUT2D eigenvalue weighted by Crippen LogP contribution is 2.29. The third-order valence-corrected chi connectivity index (χ3v) is 3.88. The van der Waals surface area contributed by atoms with Gasteiger partial charge in [0.15, 0.2) is 0 Å². The van der Waals surface area contributed by atoms with Crippen molar-refractivity contribution in [3.63, 3.8) is 0 Å². The van der Waals surface area contributed by atoms with Crippen LogP contribution in [0.25, 0.3) is 0 Å². The third kappa shape index (κ3) is 3.52. The molecule has 4 heteroatoms. The van der Waals surface area contributed by atoms with Crippen molar-refractivity contribution in [3.8, 4) is 11.5 Å². The fourth-order valence-corrected chi connectivity index (χ4v) is 2.48. The zero-order valence-electron chi connectivity index (χ0n) is 11.5. The molecule has 2 atom stereocenters.